The Kier molecular flexibility index (Phi) is 5.61. The minimum atomic E-state index is -0.491. The molecule has 2 aromatic carbocycles. The molecule has 1 N–H and O–H groups in total. The van der Waals surface area contributed by atoms with Crippen molar-refractivity contribution in [3.63, 3.8) is 0 Å². The Morgan fingerprint density at radius 2 is 1.77 bits per heavy atom. The summed E-state index contributed by atoms with van der Waals surface area (Å²) < 4.78 is 5.11. The number of benzene rings is 2. The van der Waals surface area contributed by atoms with Crippen LogP contribution in [0, 0.1) is 5.92 Å². The largest absolute Gasteiger partial charge is 0.497 e. The minimum Gasteiger partial charge on any atom is -0.497 e. The van der Waals surface area contributed by atoms with Crippen LogP contribution in [0.15, 0.2) is 36.4 Å². The number of rotatable bonds is 4. The van der Waals surface area contributed by atoms with Crippen LogP contribution < -0.4 is 15.0 Å². The SMILES string of the molecule is COc1ccc(N2C[C@H](C(=O)Nc3cc(Cl)c(Cl)cc3Cl)CC2=O)cc1. The third-order valence-electron chi connectivity index (χ3n) is 4.15. The number of halogens is 3. The highest BCUT2D eigenvalue weighted by molar-refractivity contribution is 6.44. The van der Waals surface area contributed by atoms with E-state index in [1.165, 1.54) is 12.1 Å². The molecule has 0 radical (unpaired) electrons. The summed E-state index contributed by atoms with van der Waals surface area (Å²) in [4.78, 5) is 26.4. The van der Waals surface area contributed by atoms with Gasteiger partial charge in [-0.3, -0.25) is 9.59 Å². The second-order valence-electron chi connectivity index (χ2n) is 5.84. The van der Waals surface area contributed by atoms with Crippen molar-refractivity contribution < 1.29 is 14.3 Å². The van der Waals surface area contributed by atoms with Crippen molar-refractivity contribution in [2.24, 2.45) is 5.92 Å². The predicted octanol–water partition coefficient (Wildman–Crippen LogP) is 4.65. The number of carbonyl (C=O) groups is 2. The molecule has 26 heavy (non-hydrogen) atoms. The molecule has 0 saturated carbocycles. The molecule has 0 unspecified atom stereocenters. The van der Waals surface area contributed by atoms with Crippen LogP contribution in [0.1, 0.15) is 6.42 Å². The summed E-state index contributed by atoms with van der Waals surface area (Å²) in [6.07, 6.45) is 0.122. The zero-order valence-corrected chi connectivity index (χ0v) is 16.0. The van der Waals surface area contributed by atoms with Gasteiger partial charge in [-0.25, -0.2) is 0 Å². The normalized spacial score (nSPS) is 16.7. The van der Waals surface area contributed by atoms with Crippen LogP contribution in [0.5, 0.6) is 5.75 Å². The molecule has 0 spiro atoms. The Hall–Kier alpha value is -1.95. The van der Waals surface area contributed by atoms with Gasteiger partial charge in [-0.15, -0.1) is 0 Å². The van der Waals surface area contributed by atoms with E-state index < -0.39 is 5.92 Å². The first-order valence-electron chi connectivity index (χ1n) is 7.79. The topological polar surface area (TPSA) is 58.6 Å². The fourth-order valence-electron chi connectivity index (χ4n) is 2.75. The summed E-state index contributed by atoms with van der Waals surface area (Å²) in [5, 5.41) is 3.59. The Labute approximate surface area is 165 Å². The highest BCUT2D eigenvalue weighted by atomic mass is 35.5. The average molecular weight is 414 g/mol. The highest BCUT2D eigenvalue weighted by Gasteiger charge is 2.35. The van der Waals surface area contributed by atoms with Crippen molar-refractivity contribution >= 4 is 58.0 Å². The first-order chi connectivity index (χ1) is 12.4. The van der Waals surface area contributed by atoms with Crippen LogP contribution in [0.2, 0.25) is 15.1 Å². The number of anilines is 2. The molecule has 1 atom stereocenters. The molecule has 1 aliphatic rings. The van der Waals surface area contributed by atoms with Crippen LogP contribution in [-0.2, 0) is 9.59 Å². The van der Waals surface area contributed by atoms with Gasteiger partial charge in [-0.1, -0.05) is 34.8 Å². The quantitative estimate of drug-likeness (QED) is 0.742. The third kappa shape index (κ3) is 3.90. The van der Waals surface area contributed by atoms with Crippen molar-refractivity contribution in [1.82, 2.24) is 0 Å². The van der Waals surface area contributed by atoms with Gasteiger partial charge < -0.3 is 15.0 Å². The van der Waals surface area contributed by atoms with Crippen LogP contribution in [0.4, 0.5) is 11.4 Å². The van der Waals surface area contributed by atoms with Crippen LogP contribution in [0.3, 0.4) is 0 Å². The summed E-state index contributed by atoms with van der Waals surface area (Å²) in [5.74, 6) is -0.204. The zero-order chi connectivity index (χ0) is 18.8. The Bertz CT molecular complexity index is 856. The van der Waals surface area contributed by atoms with E-state index in [9.17, 15) is 9.59 Å². The van der Waals surface area contributed by atoms with Gasteiger partial charge in [-0.05, 0) is 36.4 Å². The van der Waals surface area contributed by atoms with E-state index in [1.54, 1.807) is 36.3 Å². The van der Waals surface area contributed by atoms with Crippen LogP contribution in [0.25, 0.3) is 0 Å². The number of hydrogen-bond donors (Lipinski definition) is 1. The number of amides is 2. The van der Waals surface area contributed by atoms with Gasteiger partial charge in [0.25, 0.3) is 0 Å². The molecule has 1 heterocycles. The lowest BCUT2D eigenvalue weighted by molar-refractivity contribution is -0.122. The number of nitrogens with one attached hydrogen (secondary N) is 1. The molecule has 136 valence electrons. The highest BCUT2D eigenvalue weighted by Crippen LogP contribution is 2.33. The van der Waals surface area contributed by atoms with E-state index in [-0.39, 0.29) is 34.8 Å². The first kappa shape index (κ1) is 18.8. The molecular weight excluding hydrogens is 399 g/mol. The number of ether oxygens (including phenoxy) is 1. The number of hydrogen-bond acceptors (Lipinski definition) is 3. The molecule has 1 saturated heterocycles. The molecule has 2 aromatic rings. The Morgan fingerprint density at radius 1 is 1.12 bits per heavy atom. The monoisotopic (exact) mass is 412 g/mol. The maximum atomic E-state index is 12.5. The number of nitrogens with zero attached hydrogens (tertiary/aromatic N) is 1. The van der Waals surface area contributed by atoms with E-state index in [4.69, 9.17) is 39.5 Å². The van der Waals surface area contributed by atoms with E-state index in [0.717, 1.165) is 5.69 Å². The van der Waals surface area contributed by atoms with Gasteiger partial charge in [0.2, 0.25) is 11.8 Å². The Balaban J connectivity index is 1.71. The van der Waals surface area contributed by atoms with Gasteiger partial charge in [0.15, 0.2) is 0 Å². The fraction of sp³-hybridized carbons (Fsp3) is 0.222. The predicted molar refractivity (Wildman–Crippen MR) is 104 cm³/mol. The zero-order valence-electron chi connectivity index (χ0n) is 13.8. The van der Waals surface area contributed by atoms with Crippen molar-refractivity contribution in [3.05, 3.63) is 51.5 Å². The van der Waals surface area contributed by atoms with Crippen molar-refractivity contribution in [2.45, 2.75) is 6.42 Å². The lowest BCUT2D eigenvalue weighted by Gasteiger charge is -2.17. The van der Waals surface area contributed by atoms with E-state index in [2.05, 4.69) is 5.32 Å². The molecule has 8 heteroatoms. The van der Waals surface area contributed by atoms with Gasteiger partial charge in [0, 0.05) is 18.7 Å². The smallest absolute Gasteiger partial charge is 0.229 e. The molecule has 0 aromatic heterocycles. The summed E-state index contributed by atoms with van der Waals surface area (Å²) in [5.41, 5.74) is 1.08. The van der Waals surface area contributed by atoms with Gasteiger partial charge in [0.1, 0.15) is 5.75 Å². The molecule has 0 bridgehead atoms. The second-order valence-corrected chi connectivity index (χ2v) is 7.06. The summed E-state index contributed by atoms with van der Waals surface area (Å²) in [6, 6.07) is 10.1. The standard InChI is InChI=1S/C18H15Cl3N2O3/c1-26-12-4-2-11(3-5-12)23-9-10(6-17(23)24)18(25)22-16-8-14(20)13(19)7-15(16)21/h2-5,7-8,10H,6,9H2,1H3,(H,22,25)/t10-/m1/s1. The first-order valence-corrected chi connectivity index (χ1v) is 8.92. The Morgan fingerprint density at radius 3 is 2.42 bits per heavy atom. The van der Waals surface area contributed by atoms with E-state index in [0.29, 0.717) is 16.5 Å². The lowest BCUT2D eigenvalue weighted by Crippen LogP contribution is -2.28. The van der Waals surface area contributed by atoms with Crippen molar-refractivity contribution in [1.29, 1.82) is 0 Å². The maximum Gasteiger partial charge on any atom is 0.229 e. The number of methoxy groups -OCH3 is 1. The van der Waals surface area contributed by atoms with Gasteiger partial charge in [0.05, 0.1) is 33.8 Å². The van der Waals surface area contributed by atoms with Gasteiger partial charge in [-0.2, -0.15) is 0 Å². The minimum absolute atomic E-state index is 0.115. The van der Waals surface area contributed by atoms with E-state index >= 15 is 0 Å². The third-order valence-corrected chi connectivity index (χ3v) is 5.18. The number of carbonyl (C=O) groups excluding carboxylic acids is 2. The summed E-state index contributed by atoms with van der Waals surface area (Å²) >= 11 is 17.9. The van der Waals surface area contributed by atoms with Gasteiger partial charge >= 0.3 is 0 Å². The van der Waals surface area contributed by atoms with Crippen molar-refractivity contribution in [3.8, 4) is 5.75 Å². The summed E-state index contributed by atoms with van der Waals surface area (Å²) in [6.45, 7) is 0.288. The second kappa shape index (κ2) is 7.74. The molecule has 1 aliphatic heterocycles. The molecule has 2 amide bonds. The molecular formula is C18H15Cl3N2O3. The maximum absolute atomic E-state index is 12.5. The van der Waals surface area contributed by atoms with Crippen LogP contribution in [-0.4, -0.2) is 25.5 Å². The molecule has 5 nitrogen and oxygen atoms in total. The lowest BCUT2D eigenvalue weighted by atomic mass is 10.1. The average Bonchev–Trinajstić information content (AvgIpc) is 3.01. The molecule has 3 rings (SSSR count). The molecule has 1 fully saturated rings. The fourth-order valence-corrected chi connectivity index (χ4v) is 3.34. The molecule has 0 aliphatic carbocycles. The van der Waals surface area contributed by atoms with E-state index in [1.807, 2.05) is 0 Å². The summed E-state index contributed by atoms with van der Waals surface area (Å²) in [7, 11) is 1.57. The van der Waals surface area contributed by atoms with Crippen LogP contribution >= 0.6 is 34.8 Å². The van der Waals surface area contributed by atoms with Crippen molar-refractivity contribution in [2.75, 3.05) is 23.9 Å².